The molecular formula is C34H39Cl2N3O8P2Pd. The van der Waals surface area contributed by atoms with Crippen molar-refractivity contribution in [1.82, 2.24) is 6.15 Å². The fourth-order valence-electron chi connectivity index (χ4n) is 4.53. The van der Waals surface area contributed by atoms with E-state index in [0.717, 1.165) is 10.8 Å². The van der Waals surface area contributed by atoms with Crippen LogP contribution in [0.4, 0.5) is 0 Å². The van der Waals surface area contributed by atoms with Gasteiger partial charge in [0.1, 0.15) is 0 Å². The number of benzene rings is 4. The Hall–Kier alpha value is -2.40. The van der Waals surface area contributed by atoms with E-state index in [-0.39, 0.29) is 14.4 Å². The third kappa shape index (κ3) is 15.9. The zero-order chi connectivity index (χ0) is 36.7. The summed E-state index contributed by atoms with van der Waals surface area (Å²) in [6, 6.07) is 48.4. The van der Waals surface area contributed by atoms with Gasteiger partial charge in [-0.05, 0) is 0 Å². The molecule has 272 valence electrons. The van der Waals surface area contributed by atoms with Crippen LogP contribution in [-0.2, 0) is 15.5 Å². The molecule has 0 aliphatic carbocycles. The van der Waals surface area contributed by atoms with E-state index >= 15 is 0 Å². The van der Waals surface area contributed by atoms with Crippen LogP contribution in [0.25, 0.3) is 0 Å². The predicted molar refractivity (Wildman–Crippen MR) is 172 cm³/mol. The summed E-state index contributed by atoms with van der Waals surface area (Å²) in [5, 5.41) is 26.5. The molecule has 4 rings (SSSR count). The maximum Gasteiger partial charge on any atom is -0.112 e. The summed E-state index contributed by atoms with van der Waals surface area (Å²) in [5.74, 6) is 0. The van der Waals surface area contributed by atoms with E-state index in [2.05, 4.69) is 154 Å². The van der Waals surface area contributed by atoms with Crippen molar-refractivity contribution in [2.75, 3.05) is 10.8 Å². The molecule has 4 aromatic carbocycles. The molecule has 0 spiro atoms. The van der Waals surface area contributed by atoms with Crippen molar-refractivity contribution in [3.05, 3.63) is 121 Å². The number of hydrogen-bond donors (Lipinski definition) is 1. The van der Waals surface area contributed by atoms with Crippen molar-refractivity contribution in [1.29, 1.82) is 10.5 Å². The van der Waals surface area contributed by atoms with Crippen LogP contribution in [0.2, 0.25) is 13.2 Å². The average Bonchev–Trinajstić information content (AvgIpc) is 3.03. The first-order valence-electron chi connectivity index (χ1n) is 14.2. The molecule has 0 heterocycles. The number of nitriles is 2. The molecule has 0 radical (unpaired) electrons. The Morgan fingerprint density at radius 2 is 0.860 bits per heavy atom. The molecule has 50 heavy (non-hydrogen) atoms. The Bertz CT molecular complexity index is 1520. The largest absolute Gasteiger partial charge is 0.344 e. The Balaban J connectivity index is 0.000000999. The summed E-state index contributed by atoms with van der Waals surface area (Å²) in [6.07, 6.45) is 0.794. The molecule has 0 aliphatic rings. The van der Waals surface area contributed by atoms with E-state index in [1.54, 1.807) is 0 Å². The molecule has 4 aromatic rings. The van der Waals surface area contributed by atoms with Crippen molar-refractivity contribution >= 4 is 37.1 Å². The Labute approximate surface area is 303 Å². The number of nitrogens with zero attached hydrogens (tertiary/aromatic N) is 2. The molecule has 0 saturated carbocycles. The first-order chi connectivity index (χ1) is 22.9. The second kappa shape index (κ2) is 21.2. The van der Waals surface area contributed by atoms with Crippen molar-refractivity contribution < 1.29 is 73.3 Å². The van der Waals surface area contributed by atoms with Gasteiger partial charge in [0.25, 0.3) is 0 Å². The first kappa shape index (κ1) is 45.6. The van der Waals surface area contributed by atoms with Gasteiger partial charge in [-0.1, -0.05) is 0 Å². The van der Waals surface area contributed by atoms with E-state index in [0.29, 0.717) is 4.89 Å². The van der Waals surface area contributed by atoms with Crippen LogP contribution >= 0.6 is 15.8 Å². The number of rotatable bonds is 10. The monoisotopic (exact) mass is 855 g/mol. The Morgan fingerprint density at radius 3 is 1.10 bits per heavy atom. The van der Waals surface area contributed by atoms with Gasteiger partial charge in [0.2, 0.25) is 0 Å². The quantitative estimate of drug-likeness (QED) is 0.141. The summed E-state index contributed by atoms with van der Waals surface area (Å²) < 4.78 is 68.6. The van der Waals surface area contributed by atoms with E-state index in [1.165, 1.54) is 21.2 Å². The van der Waals surface area contributed by atoms with Crippen LogP contribution in [0.1, 0.15) is 20.8 Å². The topological polar surface area (TPSA) is 267 Å². The summed E-state index contributed by atoms with van der Waals surface area (Å²) in [7, 11) is -11.3. The van der Waals surface area contributed by atoms with Crippen LogP contribution < -0.4 is 64.6 Å². The molecule has 0 amide bonds. The third-order valence-corrected chi connectivity index (χ3v) is 24.6. The second-order valence-electron chi connectivity index (χ2n) is 10.8. The molecule has 11 nitrogen and oxygen atoms in total. The second-order valence-corrected chi connectivity index (χ2v) is 25.7. The van der Waals surface area contributed by atoms with Crippen LogP contribution in [0.5, 0.6) is 0 Å². The van der Waals surface area contributed by atoms with E-state index in [9.17, 15) is 10.5 Å². The summed E-state index contributed by atoms with van der Waals surface area (Å²) in [4.78, 5) is 0.497. The van der Waals surface area contributed by atoms with Gasteiger partial charge in [-0.25, -0.2) is 37.3 Å². The maximum absolute atomic E-state index is 10.9. The van der Waals surface area contributed by atoms with Gasteiger partial charge in [0, 0.05) is 0 Å². The van der Waals surface area contributed by atoms with Crippen LogP contribution in [0.15, 0.2) is 121 Å². The molecule has 0 saturated heterocycles. The van der Waals surface area contributed by atoms with Crippen LogP contribution in [0.3, 0.4) is 0 Å². The molecule has 0 aliphatic heterocycles. The predicted octanol–water partition coefficient (Wildman–Crippen LogP) is -1.51. The zero-order valence-electron chi connectivity index (χ0n) is 27.6. The normalized spacial score (nSPS) is 13.8. The summed E-state index contributed by atoms with van der Waals surface area (Å²) >= 11 is -2.73. The van der Waals surface area contributed by atoms with E-state index in [4.69, 9.17) is 37.3 Å². The molecule has 2 atom stereocenters. The van der Waals surface area contributed by atoms with Crippen molar-refractivity contribution in [3.63, 3.8) is 0 Å². The van der Waals surface area contributed by atoms with Gasteiger partial charge in [-0.3, -0.25) is 0 Å². The molecule has 16 heteroatoms. The molecule has 2 unspecified atom stereocenters. The fraction of sp³-hybridized carbons (Fsp3) is 0.235. The molecule has 3 N–H and O–H groups in total. The minimum absolute atomic E-state index is 0. The summed E-state index contributed by atoms with van der Waals surface area (Å²) in [6.45, 7) is 6.88. The molecule has 0 aromatic heterocycles. The maximum atomic E-state index is 10.9. The molecule has 0 bridgehead atoms. The first-order valence-corrected chi connectivity index (χ1v) is 23.6. The van der Waals surface area contributed by atoms with Gasteiger partial charge in [-0.15, -0.1) is 20.5 Å². The van der Waals surface area contributed by atoms with E-state index in [1.807, 2.05) is 0 Å². The van der Waals surface area contributed by atoms with Crippen molar-refractivity contribution in [2.45, 2.75) is 33.9 Å². The minimum Gasteiger partial charge on any atom is -0.344 e. The zero-order valence-corrected chi connectivity index (χ0v) is 32.4. The van der Waals surface area contributed by atoms with Crippen LogP contribution in [-0.4, -0.2) is 10.8 Å². The van der Waals surface area contributed by atoms with Crippen molar-refractivity contribution in [2.24, 2.45) is 0 Å². The minimum atomic E-state index is -4.94. The van der Waals surface area contributed by atoms with Crippen molar-refractivity contribution in [3.8, 4) is 12.1 Å². The third-order valence-electron chi connectivity index (χ3n) is 6.63. The Morgan fingerprint density at radius 1 is 0.580 bits per heavy atom. The smallest absolute Gasteiger partial charge is 0.112 e. The van der Waals surface area contributed by atoms with Gasteiger partial charge in [0.15, 0.2) is 0 Å². The van der Waals surface area contributed by atoms with Gasteiger partial charge in [0.05, 0.1) is 0 Å². The standard InChI is InChI=1S/C15H13NP.C13H12P.C4H9.C2H2N.2ClHO4.H3N.Pd/c16-12-7-13-17(14-8-3-1-4-9-14)15-10-5-2-6-11-15;1-14(12-8-4-2-5-9-12)13-10-6-3-7-11-13;1-4(2)3;1-2-3;2*2-1(3,4)5;;/h1-11H,13H2;2-11H,1H2;1-3H3;1H2;2*(H,2,3,4,5);1H3;/q;;;;;;;+2/p-2. The van der Waals surface area contributed by atoms with Crippen LogP contribution in [0, 0.1) is 43.1 Å². The van der Waals surface area contributed by atoms with E-state index < -0.39 is 51.9 Å². The SMILES string of the molecule is C[C](C)(C)[Pd+2]([CH2]C#N)([CH2]P(c1ccccc1)c1ccccc1)[CH](C#N)CP(c1ccccc1)c1ccccc1.N.[O-][Cl+3]([O-])([O-])[O-].[O-][Cl+3]([O-])([O-])[O-]. The van der Waals surface area contributed by atoms with Gasteiger partial charge in [-0.2, -0.15) is 0 Å². The number of halogens is 2. The number of hydrogen-bond acceptors (Lipinski definition) is 11. The summed E-state index contributed by atoms with van der Waals surface area (Å²) in [5.41, 5.74) is 0. The average molecular weight is 857 g/mol. The fourth-order valence-corrected chi connectivity index (χ4v) is 23.6. The van der Waals surface area contributed by atoms with Gasteiger partial charge >= 0.3 is 241 Å². The Kier molecular flexibility index (Phi) is 19.3. The molecular weight excluding hydrogens is 818 g/mol. The molecule has 0 fully saturated rings. The van der Waals surface area contributed by atoms with Gasteiger partial charge < -0.3 is 6.15 Å².